The van der Waals surface area contributed by atoms with Crippen molar-refractivity contribution in [2.45, 2.75) is 19.6 Å². The van der Waals surface area contributed by atoms with Crippen LogP contribution >= 0.6 is 0 Å². The number of nitrogens with zero attached hydrogens (tertiary/aromatic N) is 3. The van der Waals surface area contributed by atoms with Crippen LogP contribution in [0.2, 0.25) is 0 Å². The number of carbonyl (C=O) groups is 1. The molecule has 106 valence electrons. The van der Waals surface area contributed by atoms with Crippen molar-refractivity contribution >= 4 is 5.91 Å². The van der Waals surface area contributed by atoms with Gasteiger partial charge in [-0.2, -0.15) is 0 Å². The van der Waals surface area contributed by atoms with Gasteiger partial charge in [-0.3, -0.25) is 14.2 Å². The zero-order chi connectivity index (χ0) is 14.7. The molecule has 1 amide bonds. The molecule has 1 rings (SSSR count). The van der Waals surface area contributed by atoms with Crippen LogP contribution in [0.25, 0.3) is 0 Å². The molecule has 0 aliphatic carbocycles. The van der Waals surface area contributed by atoms with Gasteiger partial charge in [0.05, 0.1) is 12.1 Å². The molecule has 0 aliphatic rings. The van der Waals surface area contributed by atoms with Crippen LogP contribution in [0.4, 0.5) is 0 Å². The summed E-state index contributed by atoms with van der Waals surface area (Å²) in [4.78, 5) is 36.7. The third-order valence-electron chi connectivity index (χ3n) is 3.00. The van der Waals surface area contributed by atoms with Gasteiger partial charge in [-0.15, -0.1) is 0 Å². The Morgan fingerprint density at radius 3 is 2.53 bits per heavy atom. The molecule has 0 bridgehead atoms. The second-order valence-electron chi connectivity index (χ2n) is 4.48. The van der Waals surface area contributed by atoms with Crippen LogP contribution in [0.3, 0.4) is 0 Å². The summed E-state index contributed by atoms with van der Waals surface area (Å²) in [5.74, 6) is -0.224. The Hall–Kier alpha value is -1.89. The number of ether oxygens (including phenoxy) is 1. The van der Waals surface area contributed by atoms with Gasteiger partial charge in [-0.1, -0.05) is 0 Å². The van der Waals surface area contributed by atoms with Gasteiger partial charge in [-0.05, 0) is 6.92 Å². The van der Waals surface area contributed by atoms with E-state index < -0.39 is 17.4 Å². The zero-order valence-corrected chi connectivity index (χ0v) is 11.8. The fourth-order valence-corrected chi connectivity index (χ4v) is 1.74. The van der Waals surface area contributed by atoms with Crippen LogP contribution in [0.15, 0.2) is 15.8 Å². The Bertz CT molecular complexity index is 588. The van der Waals surface area contributed by atoms with Gasteiger partial charge in [0.25, 0.3) is 11.5 Å². The third kappa shape index (κ3) is 3.11. The van der Waals surface area contributed by atoms with E-state index in [0.29, 0.717) is 5.56 Å². The van der Waals surface area contributed by atoms with Crippen LogP contribution in [0.1, 0.15) is 12.5 Å². The summed E-state index contributed by atoms with van der Waals surface area (Å²) in [5.41, 5.74) is -0.412. The van der Waals surface area contributed by atoms with Crippen molar-refractivity contribution in [3.63, 3.8) is 0 Å². The normalized spacial score (nSPS) is 12.3. The molecule has 0 saturated carbocycles. The van der Waals surface area contributed by atoms with E-state index in [0.717, 1.165) is 4.57 Å². The van der Waals surface area contributed by atoms with Crippen LogP contribution in [-0.4, -0.2) is 40.2 Å². The molecule has 1 heterocycles. The van der Waals surface area contributed by atoms with Gasteiger partial charge in [-0.25, -0.2) is 4.79 Å². The largest absolute Gasteiger partial charge is 0.372 e. The molecular formula is C12H19N3O4. The molecule has 0 fully saturated rings. The van der Waals surface area contributed by atoms with Gasteiger partial charge in [0.2, 0.25) is 0 Å². The molecule has 0 saturated heterocycles. The summed E-state index contributed by atoms with van der Waals surface area (Å²) in [7, 11) is 6.00. The van der Waals surface area contributed by atoms with Crippen molar-refractivity contribution in [2.75, 3.05) is 14.2 Å². The van der Waals surface area contributed by atoms with Crippen molar-refractivity contribution < 1.29 is 9.53 Å². The second kappa shape index (κ2) is 5.83. The number of hydrogen-bond acceptors (Lipinski definition) is 4. The molecule has 1 unspecified atom stereocenters. The summed E-state index contributed by atoms with van der Waals surface area (Å²) in [6.45, 7) is 1.77. The maximum absolute atomic E-state index is 11.9. The van der Waals surface area contributed by atoms with E-state index in [1.54, 1.807) is 21.0 Å². The summed E-state index contributed by atoms with van der Waals surface area (Å²) in [6.07, 6.45) is 0.882. The van der Waals surface area contributed by atoms with Crippen molar-refractivity contribution in [1.82, 2.24) is 14.0 Å². The molecule has 19 heavy (non-hydrogen) atoms. The Kier molecular flexibility index (Phi) is 4.66. The summed E-state index contributed by atoms with van der Waals surface area (Å²) in [6, 6.07) is 0. The zero-order valence-electron chi connectivity index (χ0n) is 11.8. The molecule has 0 aromatic carbocycles. The van der Waals surface area contributed by atoms with E-state index in [-0.39, 0.29) is 12.5 Å². The average molecular weight is 269 g/mol. The fourth-order valence-electron chi connectivity index (χ4n) is 1.74. The van der Waals surface area contributed by atoms with Crippen molar-refractivity contribution in [3.8, 4) is 0 Å². The maximum Gasteiger partial charge on any atom is 0.330 e. The first kappa shape index (κ1) is 15.2. The molecule has 7 nitrogen and oxygen atoms in total. The summed E-state index contributed by atoms with van der Waals surface area (Å²) in [5, 5.41) is 0. The Morgan fingerprint density at radius 2 is 2.00 bits per heavy atom. The topological polar surface area (TPSA) is 73.5 Å². The molecule has 0 aliphatic heterocycles. The molecule has 1 aromatic heterocycles. The first-order valence-corrected chi connectivity index (χ1v) is 5.83. The number of methoxy groups -OCH3 is 1. The van der Waals surface area contributed by atoms with E-state index >= 15 is 0 Å². The number of rotatable bonds is 4. The quantitative estimate of drug-likeness (QED) is 0.708. The molecule has 0 radical (unpaired) electrons. The van der Waals surface area contributed by atoms with Crippen molar-refractivity contribution in [2.24, 2.45) is 14.1 Å². The number of hydrogen-bond donors (Lipinski definition) is 0. The van der Waals surface area contributed by atoms with Crippen LogP contribution in [0.5, 0.6) is 0 Å². The Morgan fingerprint density at radius 1 is 1.42 bits per heavy atom. The molecule has 1 atom stereocenters. The predicted octanol–water partition coefficient (Wildman–Crippen LogP) is -0.923. The first-order chi connectivity index (χ1) is 8.79. The van der Waals surface area contributed by atoms with E-state index in [9.17, 15) is 14.4 Å². The third-order valence-corrected chi connectivity index (χ3v) is 3.00. The smallest absolute Gasteiger partial charge is 0.330 e. The minimum atomic E-state index is -0.568. The van der Waals surface area contributed by atoms with Crippen molar-refractivity contribution in [3.05, 3.63) is 32.6 Å². The molecule has 7 heteroatoms. The van der Waals surface area contributed by atoms with Crippen LogP contribution < -0.4 is 11.2 Å². The Labute approximate surface area is 111 Å². The number of aromatic nitrogens is 2. The predicted molar refractivity (Wildman–Crippen MR) is 69.9 cm³/mol. The SMILES string of the molecule is COC(C)C(=O)N(C)Cc1cn(C)c(=O)n(C)c1=O. The van der Waals surface area contributed by atoms with Gasteiger partial charge in [0, 0.05) is 34.4 Å². The van der Waals surface area contributed by atoms with Gasteiger partial charge < -0.3 is 14.2 Å². The van der Waals surface area contributed by atoms with Crippen molar-refractivity contribution in [1.29, 1.82) is 0 Å². The van der Waals surface area contributed by atoms with Gasteiger partial charge in [0.1, 0.15) is 6.10 Å². The summed E-state index contributed by atoms with van der Waals surface area (Å²) >= 11 is 0. The van der Waals surface area contributed by atoms with E-state index in [2.05, 4.69) is 0 Å². The highest BCUT2D eigenvalue weighted by atomic mass is 16.5. The lowest BCUT2D eigenvalue weighted by Gasteiger charge is -2.20. The number of aryl methyl sites for hydroxylation is 1. The lowest BCUT2D eigenvalue weighted by atomic mass is 10.2. The molecular weight excluding hydrogens is 250 g/mol. The highest BCUT2D eigenvalue weighted by Gasteiger charge is 2.18. The lowest BCUT2D eigenvalue weighted by molar-refractivity contribution is -0.140. The van der Waals surface area contributed by atoms with Crippen LogP contribution in [-0.2, 0) is 30.2 Å². The maximum atomic E-state index is 11.9. The number of likely N-dealkylation sites (N-methyl/N-ethyl adjacent to an activating group) is 1. The monoisotopic (exact) mass is 269 g/mol. The summed E-state index contributed by atoms with van der Waals surface area (Å²) < 4.78 is 7.27. The molecule has 1 aromatic rings. The second-order valence-corrected chi connectivity index (χ2v) is 4.48. The first-order valence-electron chi connectivity index (χ1n) is 5.83. The molecule has 0 spiro atoms. The van der Waals surface area contributed by atoms with Gasteiger partial charge in [0.15, 0.2) is 0 Å². The standard InChI is InChI=1S/C12H19N3O4/c1-8(19-5)10(16)13(2)6-9-7-14(3)12(18)15(4)11(9)17/h7-8H,6H2,1-5H3. The Balaban J connectivity index is 3.05. The van der Waals surface area contributed by atoms with E-state index in [1.165, 1.54) is 29.8 Å². The number of carbonyl (C=O) groups excluding carboxylic acids is 1. The van der Waals surface area contributed by atoms with E-state index in [1.807, 2.05) is 0 Å². The minimum absolute atomic E-state index is 0.132. The number of amides is 1. The highest BCUT2D eigenvalue weighted by molar-refractivity contribution is 5.80. The molecule has 0 N–H and O–H groups in total. The minimum Gasteiger partial charge on any atom is -0.372 e. The van der Waals surface area contributed by atoms with Gasteiger partial charge >= 0.3 is 5.69 Å². The lowest BCUT2D eigenvalue weighted by Crippen LogP contribution is -2.41. The highest BCUT2D eigenvalue weighted by Crippen LogP contribution is 2.00. The fraction of sp³-hybridized carbons (Fsp3) is 0.583. The van der Waals surface area contributed by atoms with E-state index in [4.69, 9.17) is 4.74 Å². The average Bonchev–Trinajstić information content (AvgIpc) is 2.40. The van der Waals surface area contributed by atoms with Crippen LogP contribution in [0, 0.1) is 0 Å².